The number of hydrazine groups is 1. The number of hydrogen-bond acceptors (Lipinski definition) is 3. The zero-order valence-electron chi connectivity index (χ0n) is 10.7. The minimum atomic E-state index is -0.529. The van der Waals surface area contributed by atoms with Gasteiger partial charge in [0.15, 0.2) is 0 Å². The maximum absolute atomic E-state index is 14.0. The number of nitrogens with one attached hydrogen (secondary N) is 1. The summed E-state index contributed by atoms with van der Waals surface area (Å²) in [7, 11) is 1.51. The van der Waals surface area contributed by atoms with E-state index in [9.17, 15) is 4.39 Å². The van der Waals surface area contributed by atoms with E-state index in [0.717, 1.165) is 5.56 Å². The molecule has 1 unspecified atom stereocenters. The lowest BCUT2D eigenvalue weighted by molar-refractivity contribution is 0.413. The Morgan fingerprint density at radius 3 is 2.55 bits per heavy atom. The van der Waals surface area contributed by atoms with Crippen molar-refractivity contribution < 1.29 is 9.13 Å². The van der Waals surface area contributed by atoms with Gasteiger partial charge in [-0.2, -0.15) is 0 Å². The second-order valence-electron chi connectivity index (χ2n) is 4.16. The lowest BCUT2D eigenvalue weighted by Crippen LogP contribution is -2.29. The Morgan fingerprint density at radius 1 is 1.20 bits per heavy atom. The van der Waals surface area contributed by atoms with Gasteiger partial charge in [-0.25, -0.2) is 9.82 Å². The van der Waals surface area contributed by atoms with Crippen LogP contribution in [0.3, 0.4) is 0 Å². The molecule has 20 heavy (non-hydrogen) atoms. The molecule has 0 amide bonds. The van der Waals surface area contributed by atoms with Crippen molar-refractivity contribution in [3.8, 4) is 5.75 Å². The third-order valence-corrected chi connectivity index (χ3v) is 3.50. The van der Waals surface area contributed by atoms with E-state index in [0.29, 0.717) is 21.4 Å². The van der Waals surface area contributed by atoms with Crippen molar-refractivity contribution in [3.63, 3.8) is 0 Å². The minimum absolute atomic E-state index is 0.329. The zero-order chi connectivity index (χ0) is 14.7. The fourth-order valence-corrected chi connectivity index (χ4v) is 2.31. The molecule has 2 aromatic rings. The van der Waals surface area contributed by atoms with Crippen LogP contribution in [0.15, 0.2) is 36.4 Å². The van der Waals surface area contributed by atoms with Crippen LogP contribution in [0.5, 0.6) is 5.75 Å². The van der Waals surface area contributed by atoms with Crippen LogP contribution in [0.2, 0.25) is 10.0 Å². The zero-order valence-corrected chi connectivity index (χ0v) is 12.2. The molecule has 0 spiro atoms. The lowest BCUT2D eigenvalue weighted by atomic mass is 9.98. The van der Waals surface area contributed by atoms with Crippen LogP contribution < -0.4 is 16.0 Å². The normalized spacial score (nSPS) is 12.2. The molecule has 0 aromatic heterocycles. The summed E-state index contributed by atoms with van der Waals surface area (Å²) in [5.74, 6) is 5.61. The highest BCUT2D eigenvalue weighted by Crippen LogP contribution is 2.31. The van der Waals surface area contributed by atoms with E-state index in [-0.39, 0.29) is 0 Å². The van der Waals surface area contributed by atoms with Crippen molar-refractivity contribution >= 4 is 23.2 Å². The van der Waals surface area contributed by atoms with Gasteiger partial charge in [-0.3, -0.25) is 5.84 Å². The first-order chi connectivity index (χ1) is 9.56. The lowest BCUT2D eigenvalue weighted by Gasteiger charge is -2.18. The van der Waals surface area contributed by atoms with Crippen molar-refractivity contribution in [2.24, 2.45) is 5.84 Å². The molecule has 0 radical (unpaired) electrons. The fourth-order valence-electron chi connectivity index (χ4n) is 1.96. The molecule has 0 fully saturated rings. The Morgan fingerprint density at radius 2 is 1.95 bits per heavy atom. The fraction of sp³-hybridized carbons (Fsp3) is 0.143. The van der Waals surface area contributed by atoms with Crippen LogP contribution in [-0.4, -0.2) is 7.11 Å². The molecule has 106 valence electrons. The Balaban J connectivity index is 2.46. The summed E-state index contributed by atoms with van der Waals surface area (Å²) in [4.78, 5) is 0. The third-order valence-electron chi connectivity index (χ3n) is 2.95. The molecule has 3 N–H and O–H groups in total. The van der Waals surface area contributed by atoms with E-state index in [4.69, 9.17) is 33.8 Å². The molecule has 0 bridgehead atoms. The molecular weight excluding hydrogens is 302 g/mol. The molecule has 6 heteroatoms. The van der Waals surface area contributed by atoms with Gasteiger partial charge in [-0.15, -0.1) is 0 Å². The SMILES string of the molecule is COc1cc(C(NN)c2ccc(Cl)cc2F)ccc1Cl. The average molecular weight is 315 g/mol. The van der Waals surface area contributed by atoms with E-state index in [1.165, 1.54) is 13.2 Å². The topological polar surface area (TPSA) is 47.3 Å². The van der Waals surface area contributed by atoms with Crippen LogP contribution in [0.4, 0.5) is 4.39 Å². The van der Waals surface area contributed by atoms with Crippen molar-refractivity contribution in [2.75, 3.05) is 7.11 Å². The number of benzene rings is 2. The van der Waals surface area contributed by atoms with Gasteiger partial charge >= 0.3 is 0 Å². The second-order valence-corrected chi connectivity index (χ2v) is 5.00. The maximum Gasteiger partial charge on any atom is 0.137 e. The second kappa shape index (κ2) is 6.41. The predicted octanol–water partition coefficient (Wildman–Crippen LogP) is 3.69. The summed E-state index contributed by atoms with van der Waals surface area (Å²) in [6.07, 6.45) is 0. The smallest absolute Gasteiger partial charge is 0.137 e. The standard InChI is InChI=1S/C14H13Cl2FN2O/c1-20-13-6-8(2-5-11(13)16)14(19-18)10-4-3-9(15)7-12(10)17/h2-7,14,19H,18H2,1H3. The number of ether oxygens (including phenoxy) is 1. The summed E-state index contributed by atoms with van der Waals surface area (Å²) in [5.41, 5.74) is 3.71. The molecule has 0 aliphatic heterocycles. The molecule has 2 rings (SSSR count). The highest BCUT2D eigenvalue weighted by atomic mass is 35.5. The molecule has 0 heterocycles. The quantitative estimate of drug-likeness (QED) is 0.668. The molecule has 1 atom stereocenters. The molecular formula is C14H13Cl2FN2O. The average Bonchev–Trinajstić information content (AvgIpc) is 2.43. The summed E-state index contributed by atoms with van der Waals surface area (Å²) in [6.45, 7) is 0. The number of rotatable bonds is 4. The Kier molecular flexibility index (Phi) is 4.83. The summed E-state index contributed by atoms with van der Waals surface area (Å²) in [6, 6.07) is 9.05. The van der Waals surface area contributed by atoms with Gasteiger partial charge in [0.25, 0.3) is 0 Å². The van der Waals surface area contributed by atoms with Crippen LogP contribution in [-0.2, 0) is 0 Å². The number of nitrogens with two attached hydrogens (primary N) is 1. The highest BCUT2D eigenvalue weighted by Gasteiger charge is 2.18. The van der Waals surface area contributed by atoms with Crippen LogP contribution in [0, 0.1) is 5.82 Å². The first-order valence-electron chi connectivity index (χ1n) is 5.81. The van der Waals surface area contributed by atoms with Gasteiger partial charge in [0.2, 0.25) is 0 Å². The number of halogens is 3. The van der Waals surface area contributed by atoms with Crippen LogP contribution >= 0.6 is 23.2 Å². The van der Waals surface area contributed by atoms with E-state index in [1.54, 1.807) is 30.3 Å². The van der Waals surface area contributed by atoms with Gasteiger partial charge in [0.05, 0.1) is 18.2 Å². The van der Waals surface area contributed by atoms with Crippen molar-refractivity contribution in [2.45, 2.75) is 6.04 Å². The van der Waals surface area contributed by atoms with E-state index in [2.05, 4.69) is 5.43 Å². The first-order valence-corrected chi connectivity index (χ1v) is 6.57. The summed E-state index contributed by atoms with van der Waals surface area (Å²) >= 11 is 11.7. The monoisotopic (exact) mass is 314 g/mol. The molecule has 0 saturated carbocycles. The largest absolute Gasteiger partial charge is 0.495 e. The van der Waals surface area contributed by atoms with E-state index >= 15 is 0 Å². The van der Waals surface area contributed by atoms with E-state index < -0.39 is 11.9 Å². The molecule has 2 aromatic carbocycles. The molecule has 0 aliphatic rings. The van der Waals surface area contributed by atoms with Crippen molar-refractivity contribution in [3.05, 3.63) is 63.4 Å². The predicted molar refractivity (Wildman–Crippen MR) is 78.6 cm³/mol. The van der Waals surface area contributed by atoms with Crippen LogP contribution in [0.1, 0.15) is 17.2 Å². The van der Waals surface area contributed by atoms with Crippen LogP contribution in [0.25, 0.3) is 0 Å². The number of hydrogen-bond donors (Lipinski definition) is 2. The summed E-state index contributed by atoms with van der Waals surface area (Å²) < 4.78 is 19.1. The molecule has 0 saturated heterocycles. The van der Waals surface area contributed by atoms with Gasteiger partial charge < -0.3 is 4.74 Å². The maximum atomic E-state index is 14.0. The third kappa shape index (κ3) is 3.04. The molecule has 3 nitrogen and oxygen atoms in total. The Hall–Kier alpha value is -1.33. The van der Waals surface area contributed by atoms with Gasteiger partial charge in [0, 0.05) is 10.6 Å². The highest BCUT2D eigenvalue weighted by molar-refractivity contribution is 6.32. The van der Waals surface area contributed by atoms with Crippen molar-refractivity contribution in [1.82, 2.24) is 5.43 Å². The minimum Gasteiger partial charge on any atom is -0.495 e. The van der Waals surface area contributed by atoms with Gasteiger partial charge in [-0.1, -0.05) is 35.3 Å². The van der Waals surface area contributed by atoms with Gasteiger partial charge in [-0.05, 0) is 29.8 Å². The number of methoxy groups -OCH3 is 1. The summed E-state index contributed by atoms with van der Waals surface area (Å²) in [5, 5.41) is 0.805. The van der Waals surface area contributed by atoms with Crippen molar-refractivity contribution in [1.29, 1.82) is 0 Å². The van der Waals surface area contributed by atoms with Gasteiger partial charge in [0.1, 0.15) is 11.6 Å². The first kappa shape index (κ1) is 15.1. The Labute approximate surface area is 126 Å². The molecule has 0 aliphatic carbocycles. The Bertz CT molecular complexity index is 622. The van der Waals surface area contributed by atoms with E-state index in [1.807, 2.05) is 0 Å².